The summed E-state index contributed by atoms with van der Waals surface area (Å²) in [4.78, 5) is 25.3. The fraction of sp³-hybridized carbons (Fsp3) is 0.684. The van der Waals surface area contributed by atoms with Crippen LogP contribution in [0.25, 0.3) is 0 Å². The van der Waals surface area contributed by atoms with Crippen molar-refractivity contribution in [1.29, 1.82) is 0 Å². The lowest BCUT2D eigenvalue weighted by molar-refractivity contribution is -0.264. The summed E-state index contributed by atoms with van der Waals surface area (Å²) in [7, 11) is 0. The zero-order valence-electron chi connectivity index (χ0n) is 15.2. The van der Waals surface area contributed by atoms with Crippen LogP contribution in [0.15, 0.2) is 23.5 Å². The number of aliphatic hydroxyl groups is 1. The molecule has 0 unspecified atom stereocenters. The van der Waals surface area contributed by atoms with E-state index in [0.717, 1.165) is 5.57 Å². The Morgan fingerprint density at radius 3 is 2.60 bits per heavy atom. The lowest BCUT2D eigenvalue weighted by Gasteiger charge is -2.37. The predicted octanol–water partition coefficient (Wildman–Crippen LogP) is 1.87. The van der Waals surface area contributed by atoms with E-state index >= 15 is 0 Å². The first-order valence-electron chi connectivity index (χ1n) is 8.78. The summed E-state index contributed by atoms with van der Waals surface area (Å²) in [5.41, 5.74) is -1.50. The summed E-state index contributed by atoms with van der Waals surface area (Å²) >= 11 is 0. The number of hydrogen-bond acceptors (Lipinski definition) is 6. The molecule has 0 aromatic heterocycles. The van der Waals surface area contributed by atoms with Gasteiger partial charge in [-0.3, -0.25) is 9.59 Å². The highest BCUT2D eigenvalue weighted by Crippen LogP contribution is 2.60. The molecular formula is C19H24O6. The highest BCUT2D eigenvalue weighted by Gasteiger charge is 2.74. The average molecular weight is 348 g/mol. The molecule has 6 atom stereocenters. The molecular weight excluding hydrogens is 324 g/mol. The third kappa shape index (κ3) is 1.87. The van der Waals surface area contributed by atoms with Crippen LogP contribution in [0, 0.1) is 17.3 Å². The third-order valence-electron chi connectivity index (χ3n) is 6.46. The number of ether oxygens (including phenoxy) is 3. The molecule has 4 aliphatic rings. The zero-order chi connectivity index (χ0) is 18.4. The monoisotopic (exact) mass is 348 g/mol. The van der Waals surface area contributed by atoms with Gasteiger partial charge < -0.3 is 19.3 Å². The molecule has 4 heterocycles. The molecule has 0 amide bonds. The van der Waals surface area contributed by atoms with Crippen molar-refractivity contribution in [3.8, 4) is 0 Å². The predicted molar refractivity (Wildman–Crippen MR) is 87.1 cm³/mol. The van der Waals surface area contributed by atoms with Gasteiger partial charge in [0.25, 0.3) is 0 Å². The molecule has 6 heteroatoms. The van der Waals surface area contributed by atoms with Gasteiger partial charge in [0.1, 0.15) is 17.3 Å². The summed E-state index contributed by atoms with van der Waals surface area (Å²) in [6, 6.07) is 0. The van der Waals surface area contributed by atoms with Gasteiger partial charge in [-0.05, 0) is 32.4 Å². The number of hydrogen-bond donors (Lipinski definition) is 1. The van der Waals surface area contributed by atoms with Crippen molar-refractivity contribution in [3.63, 3.8) is 0 Å². The minimum absolute atomic E-state index is 0.121. The van der Waals surface area contributed by atoms with E-state index in [4.69, 9.17) is 14.2 Å². The fourth-order valence-electron chi connectivity index (χ4n) is 4.86. The molecule has 2 fully saturated rings. The maximum atomic E-state index is 12.8. The van der Waals surface area contributed by atoms with E-state index in [2.05, 4.69) is 0 Å². The Labute approximate surface area is 146 Å². The average Bonchev–Trinajstić information content (AvgIpc) is 3.03. The Morgan fingerprint density at radius 2 is 1.96 bits per heavy atom. The van der Waals surface area contributed by atoms with Gasteiger partial charge >= 0.3 is 5.97 Å². The van der Waals surface area contributed by atoms with Crippen LogP contribution in [0.2, 0.25) is 0 Å². The van der Waals surface area contributed by atoms with E-state index in [1.165, 1.54) is 6.08 Å². The molecule has 0 spiro atoms. The minimum atomic E-state index is -1.65. The SMILES string of the molecule is CC1=C[C@@H]2OC(=O)[C@]3(C)[C@@H]2[C@@H](C[C@]2(C)OC1=CC2=O)O[C@@]3(O)C(C)C. The van der Waals surface area contributed by atoms with Crippen LogP contribution in [-0.4, -0.2) is 40.5 Å². The molecule has 0 radical (unpaired) electrons. The Balaban J connectivity index is 1.89. The van der Waals surface area contributed by atoms with Crippen molar-refractivity contribution in [3.05, 3.63) is 23.5 Å². The standard InChI is InChI=1S/C19H24O6/c1-9(2)19(22)18(5)15-12(23-16(18)21)6-10(3)11-7-14(20)17(4,24-11)8-13(15)25-19/h6-7,9,12-13,15,22H,8H2,1-5H3/t12-,13+,15-,17-,18-,19-/m0/s1. The number of fused-ring (bicyclic) bond motifs is 2. The van der Waals surface area contributed by atoms with Crippen LogP contribution in [-0.2, 0) is 23.8 Å². The second-order valence-corrected chi connectivity index (χ2v) is 8.37. The van der Waals surface area contributed by atoms with Crippen LogP contribution in [0.3, 0.4) is 0 Å². The topological polar surface area (TPSA) is 82.1 Å². The van der Waals surface area contributed by atoms with E-state index in [0.29, 0.717) is 5.76 Å². The fourth-order valence-corrected chi connectivity index (χ4v) is 4.86. The number of ketones is 1. The molecule has 136 valence electrons. The van der Waals surface area contributed by atoms with Gasteiger partial charge in [0.15, 0.2) is 11.4 Å². The molecule has 6 nitrogen and oxygen atoms in total. The normalized spacial score (nSPS) is 48.2. The lowest BCUT2D eigenvalue weighted by atomic mass is 9.66. The van der Waals surface area contributed by atoms with Gasteiger partial charge in [0, 0.05) is 24.3 Å². The molecule has 25 heavy (non-hydrogen) atoms. The molecule has 1 N–H and O–H groups in total. The Kier molecular flexibility index (Phi) is 3.18. The number of esters is 1. The number of carbonyl (C=O) groups excluding carboxylic acids is 2. The molecule has 4 aliphatic heterocycles. The Morgan fingerprint density at radius 1 is 1.28 bits per heavy atom. The number of carbonyl (C=O) groups is 2. The summed E-state index contributed by atoms with van der Waals surface area (Å²) in [5.74, 6) is -2.41. The summed E-state index contributed by atoms with van der Waals surface area (Å²) in [6.07, 6.45) is 2.52. The maximum absolute atomic E-state index is 12.8. The van der Waals surface area contributed by atoms with E-state index in [1.807, 2.05) is 26.8 Å². The van der Waals surface area contributed by atoms with Crippen LogP contribution < -0.4 is 0 Å². The quantitative estimate of drug-likeness (QED) is 0.729. The van der Waals surface area contributed by atoms with E-state index < -0.39 is 35.0 Å². The van der Waals surface area contributed by atoms with Gasteiger partial charge in [-0.2, -0.15) is 0 Å². The van der Waals surface area contributed by atoms with Crippen molar-refractivity contribution < 1.29 is 28.9 Å². The molecule has 0 aromatic rings. The van der Waals surface area contributed by atoms with Crippen LogP contribution >= 0.6 is 0 Å². The lowest BCUT2D eigenvalue weighted by Crippen LogP contribution is -2.52. The number of rotatable bonds is 1. The summed E-state index contributed by atoms with van der Waals surface area (Å²) in [5, 5.41) is 11.3. The summed E-state index contributed by atoms with van der Waals surface area (Å²) in [6.45, 7) is 8.91. The summed E-state index contributed by atoms with van der Waals surface area (Å²) < 4.78 is 17.7. The van der Waals surface area contributed by atoms with Crippen molar-refractivity contribution >= 4 is 11.8 Å². The Bertz CT molecular complexity index is 736. The van der Waals surface area contributed by atoms with Crippen molar-refractivity contribution in [2.24, 2.45) is 17.3 Å². The maximum Gasteiger partial charge on any atom is 0.318 e. The molecule has 0 aliphatic carbocycles. The van der Waals surface area contributed by atoms with Gasteiger partial charge in [-0.15, -0.1) is 0 Å². The largest absolute Gasteiger partial charge is 0.479 e. The zero-order valence-corrected chi connectivity index (χ0v) is 15.2. The third-order valence-corrected chi connectivity index (χ3v) is 6.46. The van der Waals surface area contributed by atoms with Crippen molar-refractivity contribution in [2.45, 2.75) is 64.6 Å². The molecule has 0 aromatic carbocycles. The Hall–Kier alpha value is -1.66. The van der Waals surface area contributed by atoms with Crippen LogP contribution in [0.5, 0.6) is 0 Å². The first-order chi connectivity index (χ1) is 11.5. The molecule has 0 saturated carbocycles. The van der Waals surface area contributed by atoms with E-state index in [-0.39, 0.29) is 24.0 Å². The van der Waals surface area contributed by atoms with Crippen molar-refractivity contribution in [1.82, 2.24) is 0 Å². The van der Waals surface area contributed by atoms with Crippen LogP contribution in [0.1, 0.15) is 41.0 Å². The highest BCUT2D eigenvalue weighted by molar-refractivity contribution is 6.00. The first-order valence-corrected chi connectivity index (χ1v) is 8.78. The van der Waals surface area contributed by atoms with Gasteiger partial charge in [-0.1, -0.05) is 13.8 Å². The van der Waals surface area contributed by atoms with Gasteiger partial charge in [0.2, 0.25) is 5.78 Å². The van der Waals surface area contributed by atoms with E-state index in [1.54, 1.807) is 13.8 Å². The number of allylic oxidation sites excluding steroid dienone is 1. The first kappa shape index (κ1) is 16.8. The molecule has 2 saturated heterocycles. The second-order valence-electron chi connectivity index (χ2n) is 8.37. The van der Waals surface area contributed by atoms with E-state index in [9.17, 15) is 14.7 Å². The van der Waals surface area contributed by atoms with Gasteiger partial charge in [-0.25, -0.2) is 0 Å². The van der Waals surface area contributed by atoms with Gasteiger partial charge in [0.05, 0.1) is 6.10 Å². The minimum Gasteiger partial charge on any atom is -0.479 e. The van der Waals surface area contributed by atoms with Crippen LogP contribution in [0.4, 0.5) is 0 Å². The highest BCUT2D eigenvalue weighted by atomic mass is 16.7. The smallest absolute Gasteiger partial charge is 0.318 e. The second kappa shape index (κ2) is 4.74. The molecule has 2 bridgehead atoms. The molecule has 4 rings (SSSR count). The van der Waals surface area contributed by atoms with Crippen molar-refractivity contribution in [2.75, 3.05) is 0 Å².